The van der Waals surface area contributed by atoms with E-state index in [2.05, 4.69) is 21.1 Å². The van der Waals surface area contributed by atoms with Crippen LogP contribution in [0.25, 0.3) is 22.6 Å². The molecule has 0 aliphatic heterocycles. The van der Waals surface area contributed by atoms with Crippen LogP contribution in [0.5, 0.6) is 0 Å². The number of aromatic amines is 1. The van der Waals surface area contributed by atoms with Crippen molar-refractivity contribution in [3.8, 4) is 22.6 Å². The summed E-state index contributed by atoms with van der Waals surface area (Å²) >= 11 is 0. The van der Waals surface area contributed by atoms with Crippen LogP contribution in [-0.4, -0.2) is 20.2 Å². The van der Waals surface area contributed by atoms with Gasteiger partial charge in [0.25, 0.3) is 0 Å². The van der Waals surface area contributed by atoms with Crippen LogP contribution in [0, 0.1) is 31.5 Å². The number of hydrogen-bond donors (Lipinski definition) is 1. The summed E-state index contributed by atoms with van der Waals surface area (Å²) in [6.07, 6.45) is -1.29. The van der Waals surface area contributed by atoms with Gasteiger partial charge in [-0.05, 0) is 49.4 Å². The van der Waals surface area contributed by atoms with Crippen molar-refractivity contribution in [1.82, 2.24) is 20.2 Å². The average Bonchev–Trinajstić information content (AvgIpc) is 3.19. The van der Waals surface area contributed by atoms with Gasteiger partial charge in [0.2, 0.25) is 0 Å². The Morgan fingerprint density at radius 1 is 0.844 bits per heavy atom. The number of nitrogens with zero attached hydrogens (tertiary/aromatic N) is 3. The number of aromatic nitrogens is 4. The van der Waals surface area contributed by atoms with Gasteiger partial charge >= 0.3 is 6.18 Å². The van der Waals surface area contributed by atoms with Crippen molar-refractivity contribution in [3.63, 3.8) is 0 Å². The molecule has 0 aliphatic rings. The normalized spacial score (nSPS) is 10.7. The summed E-state index contributed by atoms with van der Waals surface area (Å²) in [7, 11) is 0. The van der Waals surface area contributed by atoms with Gasteiger partial charge in [0, 0.05) is 44.1 Å². The molecule has 0 saturated heterocycles. The molecule has 3 heterocycles. The molecule has 4 aromatic rings. The summed E-state index contributed by atoms with van der Waals surface area (Å²) in [5, 5.41) is 5.54. The van der Waals surface area contributed by atoms with Gasteiger partial charge in [0.1, 0.15) is 11.4 Å². The predicted molar refractivity (Wildman–Crippen MR) is 105 cm³/mol. The molecule has 0 unspecified atom stereocenters. The fourth-order valence-electron chi connectivity index (χ4n) is 2.59. The molecule has 169 valence electrons. The van der Waals surface area contributed by atoms with E-state index < -0.39 is 23.5 Å². The first-order valence-electron chi connectivity index (χ1n) is 8.99. The molecule has 0 spiro atoms. The number of hydrogen-bond acceptors (Lipinski definition) is 3. The second-order valence-corrected chi connectivity index (χ2v) is 6.64. The first-order valence-corrected chi connectivity index (χ1v) is 8.99. The summed E-state index contributed by atoms with van der Waals surface area (Å²) in [5.74, 6) is -1.28. The minimum absolute atomic E-state index is 0. The quantitative estimate of drug-likeness (QED) is 0.223. The smallest absolute Gasteiger partial charge is 0.305 e. The van der Waals surface area contributed by atoms with Crippen molar-refractivity contribution < 1.29 is 42.1 Å². The average molecular weight is 624 g/mol. The van der Waals surface area contributed by atoms with Gasteiger partial charge in [-0.1, -0.05) is 23.3 Å². The molecule has 0 atom stereocenters. The van der Waals surface area contributed by atoms with Crippen LogP contribution in [-0.2, 0) is 26.3 Å². The van der Waals surface area contributed by atoms with Crippen molar-refractivity contribution in [2.75, 3.05) is 0 Å². The van der Waals surface area contributed by atoms with E-state index in [1.54, 1.807) is 24.4 Å². The topological polar surface area (TPSA) is 54.5 Å². The number of halogens is 5. The molecule has 10 heteroatoms. The van der Waals surface area contributed by atoms with Crippen LogP contribution in [0.3, 0.4) is 0 Å². The van der Waals surface area contributed by atoms with Crippen molar-refractivity contribution in [2.24, 2.45) is 0 Å². The zero-order chi connectivity index (χ0) is 22.6. The monoisotopic (exact) mass is 624 g/mol. The minimum Gasteiger partial charge on any atom is -0.305 e. The van der Waals surface area contributed by atoms with Gasteiger partial charge in [0.05, 0.1) is 5.69 Å². The summed E-state index contributed by atoms with van der Waals surface area (Å²) in [6.45, 7) is 3.72. The van der Waals surface area contributed by atoms with Crippen LogP contribution < -0.4 is 0 Å². The molecular formula is C22H16F5IrN4-. The second kappa shape index (κ2) is 10.6. The minimum atomic E-state index is -4.41. The number of aryl methyl sites for hydroxylation is 2. The van der Waals surface area contributed by atoms with Crippen LogP contribution in [0.1, 0.15) is 16.8 Å². The van der Waals surface area contributed by atoms with Crippen molar-refractivity contribution >= 4 is 0 Å². The zero-order valence-electron chi connectivity index (χ0n) is 16.8. The fraction of sp³-hybridized carbons (Fsp3) is 0.136. The SMILES string of the molecule is Cc1ccnc(-c2[c-]cc(F)cc2F)c1.Cc1ccnc(-c2cc(C(F)(F)F)[nH]n2)c1.[Ir]. The largest absolute Gasteiger partial charge is 0.432 e. The third-order valence-corrected chi connectivity index (χ3v) is 4.09. The summed E-state index contributed by atoms with van der Waals surface area (Å²) < 4.78 is 62.9. The van der Waals surface area contributed by atoms with Gasteiger partial charge < -0.3 is 4.98 Å². The molecule has 0 aliphatic carbocycles. The van der Waals surface area contributed by atoms with Gasteiger partial charge in [-0.25, -0.2) is 0 Å². The Balaban J connectivity index is 0.000000220. The number of rotatable bonds is 2. The van der Waals surface area contributed by atoms with Gasteiger partial charge in [-0.2, -0.15) is 18.3 Å². The van der Waals surface area contributed by atoms with Gasteiger partial charge in [-0.15, -0.1) is 12.1 Å². The van der Waals surface area contributed by atoms with E-state index >= 15 is 0 Å². The third kappa shape index (κ3) is 6.51. The molecule has 0 saturated carbocycles. The molecule has 1 N–H and O–H groups in total. The Morgan fingerprint density at radius 3 is 1.97 bits per heavy atom. The van der Waals surface area contributed by atoms with E-state index in [-0.39, 0.29) is 31.4 Å². The van der Waals surface area contributed by atoms with E-state index in [4.69, 9.17) is 0 Å². The molecule has 1 radical (unpaired) electrons. The maximum atomic E-state index is 13.4. The molecule has 0 bridgehead atoms. The molecule has 0 fully saturated rings. The molecule has 32 heavy (non-hydrogen) atoms. The van der Waals surface area contributed by atoms with Crippen LogP contribution in [0.15, 0.2) is 54.9 Å². The Labute approximate surface area is 194 Å². The Morgan fingerprint density at radius 2 is 1.44 bits per heavy atom. The second-order valence-electron chi connectivity index (χ2n) is 6.64. The third-order valence-electron chi connectivity index (χ3n) is 4.09. The first kappa shape index (κ1) is 25.3. The van der Waals surface area contributed by atoms with E-state index in [0.717, 1.165) is 29.3 Å². The van der Waals surface area contributed by atoms with Crippen molar-refractivity contribution in [2.45, 2.75) is 20.0 Å². The Hall–Kier alpha value is -2.97. The van der Waals surface area contributed by atoms with E-state index in [1.807, 2.05) is 25.0 Å². The number of benzene rings is 1. The van der Waals surface area contributed by atoms with Crippen molar-refractivity contribution in [1.29, 1.82) is 0 Å². The molecule has 1 aromatic carbocycles. The summed E-state index contributed by atoms with van der Waals surface area (Å²) in [4.78, 5) is 7.96. The first-order chi connectivity index (χ1) is 14.6. The van der Waals surface area contributed by atoms with Crippen LogP contribution >= 0.6 is 0 Å². The molecule has 4 rings (SSSR count). The maximum Gasteiger partial charge on any atom is 0.432 e. The predicted octanol–water partition coefficient (Wildman–Crippen LogP) is 5.93. The van der Waals surface area contributed by atoms with E-state index in [9.17, 15) is 22.0 Å². The standard InChI is InChI=1S/C12H8F2N.C10H8F3N3.Ir/c1-8-4-5-15-12(6-8)10-3-2-9(13)7-11(10)14;1-6-2-3-14-7(4-6)8-5-9(16-15-8)10(11,12)13;/h2,4-7H,1H3;2-5H,1H3,(H,15,16);/q-1;;. The number of alkyl halides is 3. The van der Waals surface area contributed by atoms with E-state index in [1.165, 1.54) is 6.20 Å². The molecule has 0 amide bonds. The van der Waals surface area contributed by atoms with Crippen LogP contribution in [0.4, 0.5) is 22.0 Å². The van der Waals surface area contributed by atoms with Gasteiger partial charge in [0.15, 0.2) is 0 Å². The van der Waals surface area contributed by atoms with Crippen LogP contribution in [0.2, 0.25) is 0 Å². The zero-order valence-corrected chi connectivity index (χ0v) is 19.2. The Kier molecular flexibility index (Phi) is 8.35. The number of H-pyrrole nitrogens is 1. The molecule has 4 nitrogen and oxygen atoms in total. The number of pyridine rings is 2. The Bertz CT molecular complexity index is 1190. The summed E-state index contributed by atoms with van der Waals surface area (Å²) in [5.41, 5.74) is 2.29. The van der Waals surface area contributed by atoms with Gasteiger partial charge in [-0.3, -0.25) is 18.9 Å². The van der Waals surface area contributed by atoms with Crippen molar-refractivity contribution in [3.05, 3.63) is 89.4 Å². The fourth-order valence-corrected chi connectivity index (χ4v) is 2.59. The molecule has 3 aromatic heterocycles. The van der Waals surface area contributed by atoms with E-state index in [0.29, 0.717) is 11.4 Å². The molecular weight excluding hydrogens is 607 g/mol. The maximum absolute atomic E-state index is 13.4. The summed E-state index contributed by atoms with van der Waals surface area (Å²) in [6, 6.07) is 12.4. The number of nitrogens with one attached hydrogen (secondary N) is 1.